The second-order valence-corrected chi connectivity index (χ2v) is 18.0. The van der Waals surface area contributed by atoms with E-state index in [1.807, 2.05) is 0 Å². The van der Waals surface area contributed by atoms with Crippen LogP contribution in [0.3, 0.4) is 0 Å². The first-order chi connectivity index (χ1) is 28.6. The number of hydrogen-bond acceptors (Lipinski definition) is 5. The number of ether oxygens (including phenoxy) is 2. The predicted molar refractivity (Wildman–Crippen MR) is 252 cm³/mol. The molecule has 0 aliphatic heterocycles. The Morgan fingerprint density at radius 3 is 0.931 bits per heavy atom. The maximum Gasteiger partial charge on any atom is 0.306 e. The fourth-order valence-electron chi connectivity index (χ4n) is 8.08. The number of carbonyl (C=O) groups excluding carboxylic acids is 2. The summed E-state index contributed by atoms with van der Waals surface area (Å²) >= 11 is 0. The van der Waals surface area contributed by atoms with Crippen molar-refractivity contribution in [2.45, 2.75) is 302 Å². The topological polar surface area (TPSA) is 72.8 Å². The molecular weight excluding hydrogens is 717 g/mol. The molecule has 0 amide bonds. The van der Waals surface area contributed by atoms with Gasteiger partial charge in [0.25, 0.3) is 0 Å². The van der Waals surface area contributed by atoms with Crippen molar-refractivity contribution in [3.63, 3.8) is 0 Å². The molecule has 0 heterocycles. The van der Waals surface area contributed by atoms with Gasteiger partial charge in [0.15, 0.2) is 6.10 Å². The summed E-state index contributed by atoms with van der Waals surface area (Å²) in [5.74, 6) is -0.577. The SMILES string of the molecule is CCCCCCCCCC/C=C\CCCCCCCCCCCCCCCCCCCCCCCCCC(=O)OC(CO)COC(=O)CCCCCCCCCCC. The van der Waals surface area contributed by atoms with Crippen LogP contribution in [0.15, 0.2) is 12.2 Å². The van der Waals surface area contributed by atoms with Crippen LogP contribution in [0.1, 0.15) is 296 Å². The molecule has 0 bridgehead atoms. The molecule has 0 aromatic carbocycles. The number of unbranched alkanes of at least 4 members (excludes halogenated alkanes) is 39. The van der Waals surface area contributed by atoms with E-state index < -0.39 is 6.10 Å². The molecule has 58 heavy (non-hydrogen) atoms. The fraction of sp³-hybridized carbons (Fsp3) is 0.925. The lowest BCUT2D eigenvalue weighted by Gasteiger charge is -2.15. The van der Waals surface area contributed by atoms with Crippen molar-refractivity contribution >= 4 is 11.9 Å². The number of aliphatic hydroxyl groups excluding tert-OH is 1. The molecule has 0 radical (unpaired) electrons. The summed E-state index contributed by atoms with van der Waals surface area (Å²) in [6.07, 6.45) is 60.7. The maximum absolute atomic E-state index is 12.2. The van der Waals surface area contributed by atoms with E-state index >= 15 is 0 Å². The van der Waals surface area contributed by atoms with E-state index in [9.17, 15) is 14.7 Å². The second-order valence-electron chi connectivity index (χ2n) is 18.0. The van der Waals surface area contributed by atoms with E-state index in [0.717, 1.165) is 38.5 Å². The molecule has 0 saturated carbocycles. The molecule has 1 atom stereocenters. The Bertz CT molecular complexity index is 840. The number of rotatable bonds is 49. The van der Waals surface area contributed by atoms with E-state index in [0.29, 0.717) is 12.8 Å². The second kappa shape index (κ2) is 50.0. The van der Waals surface area contributed by atoms with Crippen LogP contribution in [0.2, 0.25) is 0 Å². The van der Waals surface area contributed by atoms with E-state index in [4.69, 9.17) is 9.47 Å². The highest BCUT2D eigenvalue weighted by Gasteiger charge is 2.16. The molecule has 0 aliphatic carbocycles. The third-order valence-corrected chi connectivity index (χ3v) is 12.1. The summed E-state index contributed by atoms with van der Waals surface area (Å²) in [6.45, 7) is 4.15. The molecule has 0 spiro atoms. The largest absolute Gasteiger partial charge is 0.462 e. The van der Waals surface area contributed by atoms with E-state index in [-0.39, 0.29) is 25.2 Å². The molecule has 0 aromatic heterocycles. The van der Waals surface area contributed by atoms with Crippen molar-refractivity contribution in [1.82, 2.24) is 0 Å². The average molecular weight is 819 g/mol. The minimum Gasteiger partial charge on any atom is -0.462 e. The summed E-state index contributed by atoms with van der Waals surface area (Å²) in [5, 5.41) is 9.57. The van der Waals surface area contributed by atoms with Crippen LogP contribution in [0, 0.1) is 0 Å². The van der Waals surface area contributed by atoms with E-state index in [1.54, 1.807) is 0 Å². The Hall–Kier alpha value is -1.36. The number of esters is 2. The Morgan fingerprint density at radius 1 is 0.379 bits per heavy atom. The van der Waals surface area contributed by atoms with E-state index in [2.05, 4.69) is 26.0 Å². The maximum atomic E-state index is 12.2. The van der Waals surface area contributed by atoms with Crippen molar-refractivity contribution in [1.29, 1.82) is 0 Å². The molecular formula is C53H102O5. The highest BCUT2D eigenvalue weighted by atomic mass is 16.6. The minimum atomic E-state index is -0.763. The van der Waals surface area contributed by atoms with Crippen molar-refractivity contribution in [3.8, 4) is 0 Å². The average Bonchev–Trinajstić information content (AvgIpc) is 3.23. The molecule has 1 unspecified atom stereocenters. The first kappa shape index (κ1) is 56.6. The van der Waals surface area contributed by atoms with Gasteiger partial charge in [0, 0.05) is 12.8 Å². The van der Waals surface area contributed by atoms with Gasteiger partial charge in [-0.05, 0) is 38.5 Å². The molecule has 5 nitrogen and oxygen atoms in total. The van der Waals surface area contributed by atoms with Gasteiger partial charge in [-0.15, -0.1) is 0 Å². The van der Waals surface area contributed by atoms with Crippen LogP contribution < -0.4 is 0 Å². The lowest BCUT2D eigenvalue weighted by Crippen LogP contribution is -2.28. The number of aliphatic hydroxyl groups is 1. The lowest BCUT2D eigenvalue weighted by atomic mass is 10.0. The Morgan fingerprint density at radius 2 is 0.638 bits per heavy atom. The molecule has 1 N–H and O–H groups in total. The standard InChI is InChI=1S/C53H102O5/c1-3-5-7-9-11-13-14-15-16-17-18-19-20-21-22-23-24-25-26-27-28-29-30-31-32-33-34-35-36-37-38-40-42-44-46-48-53(56)58-51(49-54)50-57-52(55)47-45-43-41-39-12-10-8-6-4-2/h17-18,51,54H,3-16,19-50H2,1-2H3/b18-17-. The molecule has 0 fully saturated rings. The van der Waals surface area contributed by atoms with Gasteiger partial charge in [0.1, 0.15) is 6.61 Å². The molecule has 0 aromatic rings. The van der Waals surface area contributed by atoms with Crippen LogP contribution in [0.4, 0.5) is 0 Å². The molecule has 0 rings (SSSR count). The first-order valence-corrected chi connectivity index (χ1v) is 26.2. The van der Waals surface area contributed by atoms with Gasteiger partial charge >= 0.3 is 11.9 Å². The zero-order valence-corrected chi connectivity index (χ0v) is 39.3. The summed E-state index contributed by atoms with van der Waals surface area (Å²) in [4.78, 5) is 24.3. The van der Waals surface area contributed by atoms with Gasteiger partial charge < -0.3 is 14.6 Å². The molecule has 0 saturated heterocycles. The zero-order chi connectivity index (χ0) is 42.1. The van der Waals surface area contributed by atoms with Crippen LogP contribution in [0.5, 0.6) is 0 Å². The van der Waals surface area contributed by atoms with Gasteiger partial charge in [0.2, 0.25) is 0 Å². The van der Waals surface area contributed by atoms with Crippen molar-refractivity contribution in [2.75, 3.05) is 13.2 Å². The van der Waals surface area contributed by atoms with Gasteiger partial charge in [-0.1, -0.05) is 257 Å². The number of allylic oxidation sites excluding steroid dienone is 2. The smallest absolute Gasteiger partial charge is 0.306 e. The molecule has 5 heteroatoms. The lowest BCUT2D eigenvalue weighted by molar-refractivity contribution is -0.161. The normalized spacial score (nSPS) is 12.1. The monoisotopic (exact) mass is 819 g/mol. The predicted octanol–water partition coefficient (Wildman–Crippen LogP) is 17.2. The third-order valence-electron chi connectivity index (χ3n) is 12.1. The summed E-state index contributed by atoms with van der Waals surface area (Å²) in [6, 6.07) is 0. The van der Waals surface area contributed by atoms with Gasteiger partial charge in [-0.25, -0.2) is 0 Å². The Balaban J connectivity index is 3.33. The quantitative estimate of drug-likeness (QED) is 0.0376. The Labute approximate surface area is 362 Å². The van der Waals surface area contributed by atoms with Crippen molar-refractivity contribution < 1.29 is 24.2 Å². The highest BCUT2D eigenvalue weighted by Crippen LogP contribution is 2.17. The van der Waals surface area contributed by atoms with E-state index in [1.165, 1.54) is 231 Å². The van der Waals surface area contributed by atoms with Crippen LogP contribution in [0.25, 0.3) is 0 Å². The number of carbonyl (C=O) groups is 2. The minimum absolute atomic E-state index is 0.0584. The van der Waals surface area contributed by atoms with Crippen LogP contribution >= 0.6 is 0 Å². The van der Waals surface area contributed by atoms with Crippen molar-refractivity contribution in [3.05, 3.63) is 12.2 Å². The van der Waals surface area contributed by atoms with Crippen molar-refractivity contribution in [2.24, 2.45) is 0 Å². The summed E-state index contributed by atoms with van der Waals surface area (Å²) in [7, 11) is 0. The van der Waals surface area contributed by atoms with Gasteiger partial charge in [-0.2, -0.15) is 0 Å². The highest BCUT2D eigenvalue weighted by molar-refractivity contribution is 5.70. The summed E-state index contributed by atoms with van der Waals surface area (Å²) < 4.78 is 10.6. The number of hydrogen-bond donors (Lipinski definition) is 1. The van der Waals surface area contributed by atoms with Crippen LogP contribution in [-0.4, -0.2) is 36.4 Å². The first-order valence-electron chi connectivity index (χ1n) is 26.2. The zero-order valence-electron chi connectivity index (χ0n) is 39.3. The van der Waals surface area contributed by atoms with Gasteiger partial charge in [-0.3, -0.25) is 9.59 Å². The summed E-state index contributed by atoms with van der Waals surface area (Å²) in [5.41, 5.74) is 0. The third kappa shape index (κ3) is 47.3. The van der Waals surface area contributed by atoms with Crippen LogP contribution in [-0.2, 0) is 19.1 Å². The molecule has 0 aliphatic rings. The van der Waals surface area contributed by atoms with Gasteiger partial charge in [0.05, 0.1) is 6.61 Å². The molecule has 344 valence electrons. The fourth-order valence-corrected chi connectivity index (χ4v) is 8.08. The Kier molecular flexibility index (Phi) is 48.8.